The van der Waals surface area contributed by atoms with Gasteiger partial charge in [0.1, 0.15) is 5.75 Å². The molecular weight excluding hydrogens is 514 g/mol. The standard InChI is InChI=1S/C23H34N2O2.C8H7N3O.C2H6/c1-6-8-18-14-25(15-23(4,5)26)24-22(18)20-13-17(16(3)7-2)9-12-21(20)27-19-10-11-19;1-6(12)7-5-10-11-4-2-3-9-8(7)11;1-2/h9,12-14,16,19,26H,6-8,10-11,15H2,1-5H3;2-5H,1H3;1-2H3. The molecule has 1 aromatic carbocycles. The number of nitrogens with zero attached hydrogens (tertiary/aromatic N) is 5. The van der Waals surface area contributed by atoms with Gasteiger partial charge in [-0.25, -0.2) is 9.50 Å². The van der Waals surface area contributed by atoms with Gasteiger partial charge in [0.15, 0.2) is 11.4 Å². The molecule has 8 heteroatoms. The van der Waals surface area contributed by atoms with E-state index >= 15 is 0 Å². The molecule has 41 heavy (non-hydrogen) atoms. The van der Waals surface area contributed by atoms with E-state index in [-0.39, 0.29) is 5.78 Å². The van der Waals surface area contributed by atoms with Gasteiger partial charge in [0.2, 0.25) is 0 Å². The Hall–Kier alpha value is -3.52. The molecule has 1 atom stereocenters. The van der Waals surface area contributed by atoms with Crippen LogP contribution in [0.25, 0.3) is 16.9 Å². The molecule has 1 fully saturated rings. The minimum absolute atomic E-state index is 0.0105. The van der Waals surface area contributed by atoms with Crippen molar-refractivity contribution in [2.24, 2.45) is 0 Å². The van der Waals surface area contributed by atoms with Crippen LogP contribution in [-0.2, 0) is 13.0 Å². The second-order valence-electron chi connectivity index (χ2n) is 11.1. The fourth-order valence-corrected chi connectivity index (χ4v) is 4.44. The molecule has 0 saturated heterocycles. The summed E-state index contributed by atoms with van der Waals surface area (Å²) in [5.41, 5.74) is 5.04. The van der Waals surface area contributed by atoms with E-state index < -0.39 is 5.60 Å². The molecule has 1 aliphatic carbocycles. The number of aliphatic hydroxyl groups is 1. The van der Waals surface area contributed by atoms with Gasteiger partial charge in [0.25, 0.3) is 0 Å². The number of hydrogen-bond donors (Lipinski definition) is 1. The molecule has 0 spiro atoms. The van der Waals surface area contributed by atoms with Crippen LogP contribution in [0.3, 0.4) is 0 Å². The summed E-state index contributed by atoms with van der Waals surface area (Å²) in [6.45, 7) is 16.3. The van der Waals surface area contributed by atoms with Crippen molar-refractivity contribution < 1.29 is 14.6 Å². The first-order chi connectivity index (χ1) is 19.6. The second kappa shape index (κ2) is 14.4. The van der Waals surface area contributed by atoms with E-state index in [9.17, 15) is 9.90 Å². The summed E-state index contributed by atoms with van der Waals surface area (Å²) in [5.74, 6) is 1.44. The highest BCUT2D eigenvalue weighted by molar-refractivity contribution is 5.99. The lowest BCUT2D eigenvalue weighted by atomic mass is 9.94. The van der Waals surface area contributed by atoms with Crippen LogP contribution in [0, 0.1) is 0 Å². The topological polar surface area (TPSA) is 94.5 Å². The minimum atomic E-state index is -0.793. The van der Waals surface area contributed by atoms with Crippen LogP contribution in [0.1, 0.15) is 108 Å². The number of carbonyl (C=O) groups is 1. The Labute approximate surface area is 244 Å². The van der Waals surface area contributed by atoms with Crippen LogP contribution in [0.5, 0.6) is 5.75 Å². The molecule has 0 amide bonds. The summed E-state index contributed by atoms with van der Waals surface area (Å²) in [6.07, 6.45) is 12.8. The molecule has 5 rings (SSSR count). The number of carbonyl (C=O) groups excluding carboxylic acids is 1. The molecular formula is C33H47N5O3. The number of rotatable bonds is 10. The third-order valence-electron chi connectivity index (χ3n) is 6.82. The van der Waals surface area contributed by atoms with Crippen LogP contribution in [-0.4, -0.2) is 47.0 Å². The van der Waals surface area contributed by atoms with Crippen molar-refractivity contribution in [1.82, 2.24) is 24.4 Å². The van der Waals surface area contributed by atoms with Crippen molar-refractivity contribution in [1.29, 1.82) is 0 Å². The molecule has 1 N–H and O–H groups in total. The zero-order valence-corrected chi connectivity index (χ0v) is 26.0. The fraction of sp³-hybridized carbons (Fsp3) is 0.515. The summed E-state index contributed by atoms with van der Waals surface area (Å²) in [4.78, 5) is 15.1. The van der Waals surface area contributed by atoms with Gasteiger partial charge in [-0.3, -0.25) is 9.48 Å². The lowest BCUT2D eigenvalue weighted by Crippen LogP contribution is -2.26. The first-order valence-corrected chi connectivity index (χ1v) is 15.0. The second-order valence-corrected chi connectivity index (χ2v) is 11.1. The van der Waals surface area contributed by atoms with Gasteiger partial charge >= 0.3 is 0 Å². The highest BCUT2D eigenvalue weighted by Gasteiger charge is 2.26. The molecule has 4 aromatic rings. The quantitative estimate of drug-likeness (QED) is 0.204. The highest BCUT2D eigenvalue weighted by Crippen LogP contribution is 2.38. The van der Waals surface area contributed by atoms with E-state index in [2.05, 4.69) is 55.2 Å². The predicted octanol–water partition coefficient (Wildman–Crippen LogP) is 7.29. The Morgan fingerprint density at radius 3 is 2.56 bits per heavy atom. The predicted molar refractivity (Wildman–Crippen MR) is 165 cm³/mol. The summed E-state index contributed by atoms with van der Waals surface area (Å²) in [7, 11) is 0. The Morgan fingerprint density at radius 2 is 1.95 bits per heavy atom. The fourth-order valence-electron chi connectivity index (χ4n) is 4.44. The average molecular weight is 562 g/mol. The largest absolute Gasteiger partial charge is 0.490 e. The number of ketones is 1. The van der Waals surface area contributed by atoms with Crippen LogP contribution in [0.4, 0.5) is 0 Å². The van der Waals surface area contributed by atoms with Crippen LogP contribution in [0.15, 0.2) is 49.1 Å². The SMILES string of the molecule is CC.CC(=O)c1cnn2cccnc12.CCCc1cn(CC(C)(C)O)nc1-c1cc(C(C)CC)ccc1OC1CC1. The van der Waals surface area contributed by atoms with E-state index in [0.29, 0.717) is 29.8 Å². The van der Waals surface area contributed by atoms with E-state index in [1.54, 1.807) is 23.0 Å². The Balaban J connectivity index is 0.000000274. The van der Waals surface area contributed by atoms with E-state index in [1.807, 2.05) is 32.4 Å². The zero-order valence-electron chi connectivity index (χ0n) is 26.0. The highest BCUT2D eigenvalue weighted by atomic mass is 16.5. The molecule has 1 aliphatic rings. The third-order valence-corrected chi connectivity index (χ3v) is 6.82. The van der Waals surface area contributed by atoms with Crippen molar-refractivity contribution in [3.63, 3.8) is 0 Å². The lowest BCUT2D eigenvalue weighted by Gasteiger charge is -2.17. The average Bonchev–Trinajstić information content (AvgIpc) is 3.52. The van der Waals surface area contributed by atoms with E-state index in [0.717, 1.165) is 49.1 Å². The molecule has 1 unspecified atom stereocenters. The summed E-state index contributed by atoms with van der Waals surface area (Å²) >= 11 is 0. The van der Waals surface area contributed by atoms with E-state index in [1.165, 1.54) is 24.2 Å². The van der Waals surface area contributed by atoms with Gasteiger partial charge in [-0.1, -0.05) is 47.1 Å². The van der Waals surface area contributed by atoms with Gasteiger partial charge in [0, 0.05) is 24.2 Å². The summed E-state index contributed by atoms with van der Waals surface area (Å²) < 4.78 is 9.69. The molecule has 0 radical (unpaired) electrons. The third kappa shape index (κ3) is 8.73. The normalized spacial score (nSPS) is 13.6. The summed E-state index contributed by atoms with van der Waals surface area (Å²) in [6, 6.07) is 8.36. The Bertz CT molecular complexity index is 1410. The van der Waals surface area contributed by atoms with Crippen LogP contribution >= 0.6 is 0 Å². The lowest BCUT2D eigenvalue weighted by molar-refractivity contribution is 0.0578. The maximum atomic E-state index is 11.0. The molecule has 3 heterocycles. The van der Waals surface area contributed by atoms with Crippen molar-refractivity contribution in [2.75, 3.05) is 0 Å². The zero-order chi connectivity index (χ0) is 30.2. The first-order valence-electron chi connectivity index (χ1n) is 15.0. The molecule has 222 valence electrons. The Morgan fingerprint density at radius 1 is 1.22 bits per heavy atom. The van der Waals surface area contributed by atoms with Gasteiger partial charge < -0.3 is 9.84 Å². The molecule has 0 bridgehead atoms. The monoisotopic (exact) mass is 561 g/mol. The number of aryl methyl sites for hydroxylation is 1. The van der Waals surface area contributed by atoms with Crippen molar-refractivity contribution in [2.45, 2.75) is 112 Å². The maximum absolute atomic E-state index is 11.0. The summed E-state index contributed by atoms with van der Waals surface area (Å²) in [5, 5.41) is 19.1. The van der Waals surface area contributed by atoms with Gasteiger partial charge in [0.05, 0.1) is 35.7 Å². The van der Waals surface area contributed by atoms with Crippen molar-refractivity contribution in [3.05, 3.63) is 65.7 Å². The molecule has 8 nitrogen and oxygen atoms in total. The first kappa shape index (κ1) is 32.0. The number of benzene rings is 1. The minimum Gasteiger partial charge on any atom is -0.490 e. The molecule has 1 saturated carbocycles. The number of aromatic nitrogens is 5. The van der Waals surface area contributed by atoms with Crippen LogP contribution in [0.2, 0.25) is 0 Å². The number of hydrogen-bond acceptors (Lipinski definition) is 6. The Kier molecular flexibility index (Phi) is 11.2. The van der Waals surface area contributed by atoms with E-state index in [4.69, 9.17) is 9.84 Å². The maximum Gasteiger partial charge on any atom is 0.165 e. The number of Topliss-reactive ketones (excluding diaryl/α,β-unsaturated/α-hetero) is 1. The number of ether oxygens (including phenoxy) is 1. The number of fused-ring (bicyclic) bond motifs is 1. The van der Waals surface area contributed by atoms with Crippen molar-refractivity contribution >= 4 is 11.4 Å². The van der Waals surface area contributed by atoms with Crippen LogP contribution < -0.4 is 4.74 Å². The molecule has 3 aromatic heterocycles. The van der Waals surface area contributed by atoms with Gasteiger partial charge in [-0.05, 0) is 81.7 Å². The van der Waals surface area contributed by atoms with Gasteiger partial charge in [-0.15, -0.1) is 0 Å². The van der Waals surface area contributed by atoms with Gasteiger partial charge in [-0.2, -0.15) is 10.2 Å². The molecule has 0 aliphatic heterocycles. The smallest absolute Gasteiger partial charge is 0.165 e. The van der Waals surface area contributed by atoms with Crippen molar-refractivity contribution in [3.8, 4) is 17.0 Å².